The summed E-state index contributed by atoms with van der Waals surface area (Å²) >= 11 is 0. The number of hydrogen-bond acceptors (Lipinski definition) is 17. The van der Waals surface area contributed by atoms with Crippen LogP contribution in [0.3, 0.4) is 0 Å². The van der Waals surface area contributed by atoms with E-state index in [1.807, 2.05) is 14.0 Å². The summed E-state index contributed by atoms with van der Waals surface area (Å²) in [6, 6.07) is 14.1. The number of likely N-dealkylation sites (N-methyl/N-ethyl adjacent to an activating group) is 3. The summed E-state index contributed by atoms with van der Waals surface area (Å²) < 4.78 is 4.93. The van der Waals surface area contributed by atoms with Gasteiger partial charge in [0.15, 0.2) is 0 Å². The molecule has 0 aromatic heterocycles. The summed E-state index contributed by atoms with van der Waals surface area (Å²) in [6.07, 6.45) is 0. The summed E-state index contributed by atoms with van der Waals surface area (Å²) in [5, 5.41) is 43.9. The molecule has 0 saturated carbocycles. The number of carboxylic acids is 1. The van der Waals surface area contributed by atoms with Gasteiger partial charge in [0, 0.05) is 112 Å². The monoisotopic (exact) mass is 886 g/mol. The van der Waals surface area contributed by atoms with Crippen molar-refractivity contribution in [1.29, 1.82) is 0 Å². The van der Waals surface area contributed by atoms with Crippen LogP contribution in [-0.4, -0.2) is 152 Å². The summed E-state index contributed by atoms with van der Waals surface area (Å²) in [5.41, 5.74) is 6.21. The van der Waals surface area contributed by atoms with E-state index in [2.05, 4.69) is 57.3 Å². The van der Waals surface area contributed by atoms with E-state index in [-0.39, 0.29) is 82.4 Å². The molecule has 3 aliphatic rings. The quantitative estimate of drug-likeness (QED) is 0.120. The summed E-state index contributed by atoms with van der Waals surface area (Å²) in [5.74, 6) is -2.96. The number of ether oxygens (including phenoxy) is 1. The Balaban J connectivity index is 0.000000250. The van der Waals surface area contributed by atoms with Crippen molar-refractivity contribution in [1.82, 2.24) is 14.7 Å². The summed E-state index contributed by atoms with van der Waals surface area (Å²) in [4.78, 5) is 78.4. The Morgan fingerprint density at radius 1 is 0.603 bits per heavy atom. The van der Waals surface area contributed by atoms with Crippen LogP contribution in [0.25, 0.3) is 0 Å². The first kappa shape index (κ1) is 51.9. The van der Waals surface area contributed by atoms with Crippen molar-refractivity contribution in [3.05, 3.63) is 102 Å². The first-order chi connectivity index (χ1) is 29.2. The van der Waals surface area contributed by atoms with Gasteiger partial charge in [-0.05, 0) is 85.2 Å². The van der Waals surface area contributed by atoms with E-state index in [0.717, 1.165) is 70.3 Å². The molecule has 2 N–H and O–H groups in total. The normalized spacial score (nSPS) is 19.3. The summed E-state index contributed by atoms with van der Waals surface area (Å²) in [6.45, 7) is 15.8. The fourth-order valence-electron chi connectivity index (χ4n) is 7.89. The minimum absolute atomic E-state index is 0. The van der Waals surface area contributed by atoms with Crippen LogP contribution in [0.5, 0.6) is 0 Å². The van der Waals surface area contributed by atoms with Gasteiger partial charge in [-0.1, -0.05) is 0 Å². The molecule has 1 amide bonds. The molecule has 3 aromatic carbocycles. The van der Waals surface area contributed by atoms with E-state index >= 15 is 0 Å². The third-order valence-corrected chi connectivity index (χ3v) is 11.0. The van der Waals surface area contributed by atoms with Crippen molar-refractivity contribution in [2.24, 2.45) is 5.73 Å². The number of carbonyl (C=O) groups is 3. The van der Waals surface area contributed by atoms with E-state index in [1.165, 1.54) is 30.3 Å². The zero-order valence-corrected chi connectivity index (χ0v) is 39.1. The number of nitrogens with zero attached hydrogens (tertiary/aromatic N) is 9. The number of piperazine rings is 3. The Morgan fingerprint density at radius 3 is 1.22 bits per heavy atom. The number of aromatic carboxylic acids is 1. The third kappa shape index (κ3) is 13.5. The topological polar surface area (TPSA) is 258 Å². The SMILES string of the molecule is CCOC(=O)c1cc(N2CCN(C)C[C@H]2C)ccc1[N+](=O)[O-].C[C@@H]1CN(C)CCN1c1ccc([N+](=O)[O-])c(C(=O)[O-])c1.C[C@@H]1CN(C)CCN1c1ccc([N+](=O)[O-])c(C(N)=O)c1.[Na+]. The molecular formula is C41H55N10NaO11. The molecule has 3 aliphatic heterocycles. The third-order valence-electron chi connectivity index (χ3n) is 11.0. The number of nitrogens with two attached hydrogens (primary N) is 1. The fraction of sp³-hybridized carbons (Fsp3) is 0.488. The van der Waals surface area contributed by atoms with Crippen LogP contribution < -0.4 is 55.1 Å². The molecule has 22 heteroatoms. The van der Waals surface area contributed by atoms with Crippen LogP contribution >= 0.6 is 0 Å². The maximum atomic E-state index is 12.0. The molecule has 336 valence electrons. The number of carboxylic acid groups (broad SMARTS) is 1. The molecule has 3 atom stereocenters. The second-order valence-corrected chi connectivity index (χ2v) is 15.7. The molecule has 0 radical (unpaired) electrons. The van der Waals surface area contributed by atoms with Crippen LogP contribution in [0.15, 0.2) is 54.6 Å². The largest absolute Gasteiger partial charge is 1.00 e. The van der Waals surface area contributed by atoms with Gasteiger partial charge in [-0.2, -0.15) is 0 Å². The zero-order chi connectivity index (χ0) is 46.0. The molecule has 3 aromatic rings. The second kappa shape index (κ2) is 23.3. The van der Waals surface area contributed by atoms with Gasteiger partial charge in [-0.3, -0.25) is 35.1 Å². The van der Waals surface area contributed by atoms with Crippen LogP contribution in [0.2, 0.25) is 0 Å². The Kier molecular flexibility index (Phi) is 19.2. The predicted octanol–water partition coefficient (Wildman–Crippen LogP) is -0.152. The van der Waals surface area contributed by atoms with Gasteiger partial charge in [-0.25, -0.2) is 4.79 Å². The molecule has 63 heavy (non-hydrogen) atoms. The molecule has 0 aliphatic carbocycles. The minimum atomic E-state index is -1.53. The van der Waals surface area contributed by atoms with Gasteiger partial charge in [0.1, 0.15) is 11.1 Å². The van der Waals surface area contributed by atoms with E-state index < -0.39 is 38.3 Å². The first-order valence-corrected chi connectivity index (χ1v) is 20.1. The standard InChI is InChI=1S/C15H21N3O4.C13H18N4O3.C13H17N3O4.Na/c1-4-22-15(19)13-9-12(5-6-14(13)18(20)21)17-8-7-16(3)10-11(17)2;1-9-8-15(2)5-6-16(9)10-3-4-12(17(19)20)11(7-10)13(14)18;1-9-8-14(2)5-6-15(9)10-3-4-12(16(19)20)11(7-10)13(17)18;/h5-6,9,11H,4,7-8,10H2,1-3H3;3-4,7,9H,5-6,8H2,1-2H3,(H2,14,18);3-4,7,9H,5-6,8H2,1-2H3,(H,17,18);/q;;;+1/p-1/t11-;2*9-;/m111./s1. The van der Waals surface area contributed by atoms with Gasteiger partial charge >= 0.3 is 35.5 Å². The number of nitro groups is 3. The number of primary amides is 1. The van der Waals surface area contributed by atoms with Gasteiger partial charge in [-0.15, -0.1) is 0 Å². The number of amides is 1. The number of rotatable bonds is 10. The Labute approximate surface area is 388 Å². The molecule has 0 bridgehead atoms. The van der Waals surface area contributed by atoms with E-state index in [0.29, 0.717) is 5.69 Å². The molecule has 0 unspecified atom stereocenters. The van der Waals surface area contributed by atoms with Gasteiger partial charge in [0.05, 0.1) is 32.9 Å². The number of benzene rings is 3. The molecule has 3 heterocycles. The maximum Gasteiger partial charge on any atom is 1.00 e. The molecule has 3 saturated heterocycles. The second-order valence-electron chi connectivity index (χ2n) is 15.7. The van der Waals surface area contributed by atoms with Crippen LogP contribution in [0, 0.1) is 30.3 Å². The van der Waals surface area contributed by atoms with Crippen LogP contribution in [-0.2, 0) is 4.74 Å². The number of carbonyl (C=O) groups excluding carboxylic acids is 3. The Morgan fingerprint density at radius 2 is 0.921 bits per heavy atom. The smallest absolute Gasteiger partial charge is 0.545 e. The molecule has 6 rings (SSSR count). The average molecular weight is 887 g/mol. The van der Waals surface area contributed by atoms with E-state index in [1.54, 1.807) is 31.2 Å². The molecular weight excluding hydrogens is 831 g/mol. The van der Waals surface area contributed by atoms with E-state index in [9.17, 15) is 49.8 Å². The number of esters is 1. The molecule has 21 nitrogen and oxygen atoms in total. The van der Waals surface area contributed by atoms with Crippen molar-refractivity contribution in [3.8, 4) is 0 Å². The van der Waals surface area contributed by atoms with Crippen molar-refractivity contribution >= 4 is 52.0 Å². The van der Waals surface area contributed by atoms with Crippen molar-refractivity contribution in [2.45, 2.75) is 45.8 Å². The number of anilines is 3. The van der Waals surface area contributed by atoms with Gasteiger partial charge < -0.3 is 49.8 Å². The van der Waals surface area contributed by atoms with Crippen molar-refractivity contribution < 1.29 is 68.6 Å². The fourth-order valence-corrected chi connectivity index (χ4v) is 7.89. The predicted molar refractivity (Wildman–Crippen MR) is 231 cm³/mol. The van der Waals surface area contributed by atoms with Crippen molar-refractivity contribution in [2.75, 3.05) is 101 Å². The van der Waals surface area contributed by atoms with Gasteiger partial charge in [0.2, 0.25) is 0 Å². The first-order valence-electron chi connectivity index (χ1n) is 20.1. The minimum Gasteiger partial charge on any atom is -0.545 e. The van der Waals surface area contributed by atoms with E-state index in [4.69, 9.17) is 10.5 Å². The van der Waals surface area contributed by atoms with Crippen LogP contribution in [0.1, 0.15) is 58.8 Å². The zero-order valence-electron chi connectivity index (χ0n) is 37.1. The molecule has 3 fully saturated rings. The Hall–Kier alpha value is -5.45. The summed E-state index contributed by atoms with van der Waals surface area (Å²) in [7, 11) is 6.14. The number of nitro benzene ring substituents is 3. The average Bonchev–Trinajstić information content (AvgIpc) is 3.20. The maximum absolute atomic E-state index is 12.0. The number of hydrogen-bond donors (Lipinski definition) is 1. The Bertz CT molecular complexity index is 2050. The van der Waals surface area contributed by atoms with Crippen LogP contribution in [0.4, 0.5) is 34.1 Å². The van der Waals surface area contributed by atoms with Gasteiger partial charge in [0.25, 0.3) is 23.0 Å². The van der Waals surface area contributed by atoms with Crippen molar-refractivity contribution in [3.63, 3.8) is 0 Å². The molecule has 0 spiro atoms.